The van der Waals surface area contributed by atoms with Gasteiger partial charge < -0.3 is 15.3 Å². The number of piperidine rings is 1. The summed E-state index contributed by atoms with van der Waals surface area (Å²) in [6, 6.07) is 0.135. The Morgan fingerprint density at radius 1 is 1.75 bits per heavy atom. The van der Waals surface area contributed by atoms with Gasteiger partial charge in [0.1, 0.15) is 0 Å². The Hall–Kier alpha value is -0.770. The molecule has 0 spiro atoms. The molecule has 1 amide bonds. The summed E-state index contributed by atoms with van der Waals surface area (Å²) in [6.45, 7) is 5.08. The van der Waals surface area contributed by atoms with Crippen molar-refractivity contribution in [3.63, 3.8) is 0 Å². The Morgan fingerprint density at radius 2 is 2.50 bits per heavy atom. The molecule has 0 saturated carbocycles. The average Bonchev–Trinajstić information content (AvgIpc) is 2.03. The molecule has 1 atom stereocenters. The van der Waals surface area contributed by atoms with Crippen LogP contribution in [0.15, 0.2) is 0 Å². The summed E-state index contributed by atoms with van der Waals surface area (Å²) in [5.74, 6) is 0. The van der Waals surface area contributed by atoms with Gasteiger partial charge in [-0.2, -0.15) is 0 Å². The van der Waals surface area contributed by atoms with E-state index < -0.39 is 6.09 Å². The second-order valence-corrected chi connectivity index (χ2v) is 3.18. The van der Waals surface area contributed by atoms with E-state index in [1.807, 2.05) is 0 Å². The topological polar surface area (TPSA) is 52.6 Å². The summed E-state index contributed by atoms with van der Waals surface area (Å²) >= 11 is 0. The van der Waals surface area contributed by atoms with Crippen LogP contribution in [0.25, 0.3) is 0 Å². The number of nitrogens with one attached hydrogen (secondary N) is 1. The van der Waals surface area contributed by atoms with Gasteiger partial charge in [0.25, 0.3) is 0 Å². The van der Waals surface area contributed by atoms with Crippen molar-refractivity contribution in [2.75, 3.05) is 19.6 Å². The lowest BCUT2D eigenvalue weighted by molar-refractivity contribution is 0.166. The number of hydrogen-bond donors (Lipinski definition) is 2. The van der Waals surface area contributed by atoms with Crippen molar-refractivity contribution in [2.45, 2.75) is 25.8 Å². The van der Waals surface area contributed by atoms with Crippen LogP contribution in [0.3, 0.4) is 0 Å². The maximum absolute atomic E-state index is 10.3. The van der Waals surface area contributed by atoms with E-state index in [1.165, 1.54) is 0 Å². The summed E-state index contributed by atoms with van der Waals surface area (Å²) in [6.07, 6.45) is 1.17. The molecular formula is C8H16N2O2. The standard InChI is InChI=1S/C8H16N2O2/c1-2-10-5-3-4-7(6-10)9-8(11)12/h7,9H,2-6H2,1H3,(H,11,12)/t7-/m0/s1. The summed E-state index contributed by atoms with van der Waals surface area (Å²) < 4.78 is 0. The molecule has 1 saturated heterocycles. The summed E-state index contributed by atoms with van der Waals surface area (Å²) in [7, 11) is 0. The van der Waals surface area contributed by atoms with Crippen LogP contribution in [-0.2, 0) is 0 Å². The van der Waals surface area contributed by atoms with Gasteiger partial charge in [0.05, 0.1) is 0 Å². The van der Waals surface area contributed by atoms with Gasteiger partial charge in [0.15, 0.2) is 0 Å². The van der Waals surface area contributed by atoms with Crippen molar-refractivity contribution in [3.8, 4) is 0 Å². The molecule has 1 fully saturated rings. The van der Waals surface area contributed by atoms with Crippen LogP contribution in [0, 0.1) is 0 Å². The highest BCUT2D eigenvalue weighted by molar-refractivity contribution is 5.64. The zero-order chi connectivity index (χ0) is 8.97. The zero-order valence-electron chi connectivity index (χ0n) is 7.42. The summed E-state index contributed by atoms with van der Waals surface area (Å²) in [5, 5.41) is 11.0. The van der Waals surface area contributed by atoms with E-state index in [0.717, 1.165) is 32.5 Å². The number of amides is 1. The average molecular weight is 172 g/mol. The van der Waals surface area contributed by atoms with Crippen molar-refractivity contribution in [1.29, 1.82) is 0 Å². The number of carboxylic acid groups (broad SMARTS) is 1. The van der Waals surface area contributed by atoms with Crippen LogP contribution < -0.4 is 5.32 Å². The third-order valence-corrected chi connectivity index (χ3v) is 2.28. The van der Waals surface area contributed by atoms with Crippen molar-refractivity contribution in [3.05, 3.63) is 0 Å². The molecule has 12 heavy (non-hydrogen) atoms. The third-order valence-electron chi connectivity index (χ3n) is 2.28. The van der Waals surface area contributed by atoms with Crippen LogP contribution in [0.5, 0.6) is 0 Å². The van der Waals surface area contributed by atoms with E-state index in [2.05, 4.69) is 17.1 Å². The molecule has 0 aromatic heterocycles. The van der Waals surface area contributed by atoms with Gasteiger partial charge in [0, 0.05) is 12.6 Å². The van der Waals surface area contributed by atoms with Crippen LogP contribution in [0.1, 0.15) is 19.8 Å². The largest absolute Gasteiger partial charge is 0.465 e. The molecule has 4 heteroatoms. The molecule has 0 aliphatic carbocycles. The fraction of sp³-hybridized carbons (Fsp3) is 0.875. The van der Waals surface area contributed by atoms with Crippen molar-refractivity contribution >= 4 is 6.09 Å². The van der Waals surface area contributed by atoms with E-state index in [-0.39, 0.29) is 6.04 Å². The molecule has 4 nitrogen and oxygen atoms in total. The lowest BCUT2D eigenvalue weighted by Gasteiger charge is -2.31. The third kappa shape index (κ3) is 2.70. The smallest absolute Gasteiger partial charge is 0.404 e. The Kier molecular flexibility index (Phi) is 3.34. The van der Waals surface area contributed by atoms with Crippen LogP contribution in [0.4, 0.5) is 4.79 Å². The van der Waals surface area contributed by atoms with E-state index in [0.29, 0.717) is 0 Å². The van der Waals surface area contributed by atoms with Crippen LogP contribution in [-0.4, -0.2) is 41.8 Å². The second kappa shape index (κ2) is 4.30. The first-order valence-electron chi connectivity index (χ1n) is 4.44. The van der Waals surface area contributed by atoms with E-state index in [9.17, 15) is 4.79 Å². The monoisotopic (exact) mass is 172 g/mol. The van der Waals surface area contributed by atoms with E-state index in [4.69, 9.17) is 5.11 Å². The van der Waals surface area contributed by atoms with E-state index in [1.54, 1.807) is 0 Å². The number of likely N-dealkylation sites (tertiary alicyclic amines) is 1. The van der Waals surface area contributed by atoms with Gasteiger partial charge in [-0.1, -0.05) is 6.92 Å². The minimum Gasteiger partial charge on any atom is -0.465 e. The molecule has 1 aliphatic rings. The Balaban J connectivity index is 2.30. The molecule has 0 aromatic carbocycles. The molecule has 1 heterocycles. The summed E-state index contributed by atoms with van der Waals surface area (Å²) in [5.41, 5.74) is 0. The molecule has 0 unspecified atom stereocenters. The highest BCUT2D eigenvalue weighted by Crippen LogP contribution is 2.08. The minimum absolute atomic E-state index is 0.135. The maximum atomic E-state index is 10.3. The first-order valence-corrected chi connectivity index (χ1v) is 4.44. The number of carbonyl (C=O) groups is 1. The van der Waals surface area contributed by atoms with Gasteiger partial charge in [-0.15, -0.1) is 0 Å². The molecule has 1 aliphatic heterocycles. The lowest BCUT2D eigenvalue weighted by atomic mass is 10.1. The second-order valence-electron chi connectivity index (χ2n) is 3.18. The number of nitrogens with zero attached hydrogens (tertiary/aromatic N) is 1. The van der Waals surface area contributed by atoms with Gasteiger partial charge >= 0.3 is 6.09 Å². The van der Waals surface area contributed by atoms with Gasteiger partial charge in [0.2, 0.25) is 0 Å². The molecule has 0 bridgehead atoms. The van der Waals surface area contributed by atoms with Crippen LogP contribution in [0.2, 0.25) is 0 Å². The lowest BCUT2D eigenvalue weighted by Crippen LogP contribution is -2.47. The van der Waals surface area contributed by atoms with Crippen molar-refractivity contribution in [2.24, 2.45) is 0 Å². The highest BCUT2D eigenvalue weighted by atomic mass is 16.4. The molecule has 2 N–H and O–H groups in total. The predicted octanol–water partition coefficient (Wildman–Crippen LogP) is 0.738. The molecule has 0 aromatic rings. The molecule has 70 valence electrons. The normalized spacial score (nSPS) is 25.2. The molecule has 0 radical (unpaired) electrons. The van der Waals surface area contributed by atoms with Gasteiger partial charge in [-0.3, -0.25) is 0 Å². The Morgan fingerprint density at radius 3 is 3.08 bits per heavy atom. The SMILES string of the molecule is CCN1CCC[C@H](NC(=O)O)C1. The van der Waals surface area contributed by atoms with Crippen molar-refractivity contribution < 1.29 is 9.90 Å². The maximum Gasteiger partial charge on any atom is 0.404 e. The number of rotatable bonds is 2. The molecular weight excluding hydrogens is 156 g/mol. The predicted molar refractivity (Wildman–Crippen MR) is 46.3 cm³/mol. The fourth-order valence-electron chi connectivity index (χ4n) is 1.64. The van der Waals surface area contributed by atoms with E-state index >= 15 is 0 Å². The first-order chi connectivity index (χ1) is 5.72. The van der Waals surface area contributed by atoms with Gasteiger partial charge in [-0.25, -0.2) is 4.79 Å². The summed E-state index contributed by atoms with van der Waals surface area (Å²) in [4.78, 5) is 12.6. The Bertz CT molecular complexity index is 161. The fourth-order valence-corrected chi connectivity index (χ4v) is 1.64. The van der Waals surface area contributed by atoms with Gasteiger partial charge in [-0.05, 0) is 25.9 Å². The number of likely N-dealkylation sites (N-methyl/N-ethyl adjacent to an activating group) is 1. The number of hydrogen-bond acceptors (Lipinski definition) is 2. The first kappa shape index (κ1) is 9.32. The minimum atomic E-state index is -0.905. The van der Waals surface area contributed by atoms with Crippen LogP contribution >= 0.6 is 0 Å². The quantitative estimate of drug-likeness (QED) is 0.646. The molecule has 1 rings (SSSR count). The highest BCUT2D eigenvalue weighted by Gasteiger charge is 2.19. The van der Waals surface area contributed by atoms with Crippen molar-refractivity contribution in [1.82, 2.24) is 10.2 Å². The zero-order valence-corrected chi connectivity index (χ0v) is 7.42. The Labute approximate surface area is 72.6 Å².